The molecule has 1 amide bonds. The third kappa shape index (κ3) is 5.70. The Labute approximate surface area is 184 Å². The number of methoxy groups -OCH3 is 2. The number of nitro groups is 1. The van der Waals surface area contributed by atoms with Crippen LogP contribution in [0.2, 0.25) is 0 Å². The molecule has 0 bridgehead atoms. The molecule has 0 aliphatic rings. The van der Waals surface area contributed by atoms with Crippen molar-refractivity contribution in [3.63, 3.8) is 0 Å². The molecule has 0 unspecified atom stereocenters. The zero-order chi connectivity index (χ0) is 23.9. The lowest BCUT2D eigenvalue weighted by Gasteiger charge is -2.15. The maximum Gasteiger partial charge on any atom is 0.286 e. The third-order valence-corrected chi connectivity index (χ3v) is 5.97. The molecule has 2 aromatic rings. The van der Waals surface area contributed by atoms with Gasteiger partial charge in [-0.25, -0.2) is 8.42 Å². The summed E-state index contributed by atoms with van der Waals surface area (Å²) in [5, 5.41) is 14.0. The molecule has 0 aliphatic heterocycles. The molecule has 0 spiro atoms. The van der Waals surface area contributed by atoms with Gasteiger partial charge in [0.1, 0.15) is 12.2 Å². The Morgan fingerprint density at radius 1 is 1.09 bits per heavy atom. The van der Waals surface area contributed by atoms with Gasteiger partial charge in [0.25, 0.3) is 21.6 Å². The fourth-order valence-corrected chi connectivity index (χ4v) is 3.52. The van der Waals surface area contributed by atoms with Gasteiger partial charge >= 0.3 is 0 Å². The molecule has 0 aliphatic carbocycles. The number of rotatable bonds is 11. The van der Waals surface area contributed by atoms with E-state index >= 15 is 0 Å². The number of nitro benzene ring substituents is 1. The van der Waals surface area contributed by atoms with Crippen molar-refractivity contribution >= 4 is 27.3 Å². The standard InChI is InChI=1S/C19H23N3O9S/c1-21(30-4)32(26,27)14-7-5-13(6-8-14)20-19(23)15-11-17(29-3)18(31-10-9-28-2)12-16(15)22(24)25/h5-8,11-12H,9-10H2,1-4H3,(H,20,23). The van der Waals surface area contributed by atoms with Gasteiger partial charge in [0, 0.05) is 25.9 Å². The van der Waals surface area contributed by atoms with Crippen LogP contribution in [0.3, 0.4) is 0 Å². The molecule has 2 aromatic carbocycles. The molecule has 0 heterocycles. The minimum Gasteiger partial charge on any atom is -0.493 e. The summed E-state index contributed by atoms with van der Waals surface area (Å²) in [6.45, 7) is 0.383. The number of hydrogen-bond donors (Lipinski definition) is 1. The minimum absolute atomic E-state index is 0.0648. The Morgan fingerprint density at radius 3 is 2.28 bits per heavy atom. The quantitative estimate of drug-likeness (QED) is 0.297. The van der Waals surface area contributed by atoms with Crippen LogP contribution in [0.5, 0.6) is 11.5 Å². The van der Waals surface area contributed by atoms with Gasteiger partial charge in [0.2, 0.25) is 0 Å². The lowest BCUT2D eigenvalue weighted by Crippen LogP contribution is -2.25. The summed E-state index contributed by atoms with van der Waals surface area (Å²) >= 11 is 0. The van der Waals surface area contributed by atoms with Gasteiger partial charge in [-0.1, -0.05) is 4.47 Å². The number of hydroxylamine groups is 1. The van der Waals surface area contributed by atoms with E-state index in [1.807, 2.05) is 0 Å². The molecule has 0 aromatic heterocycles. The average Bonchev–Trinajstić information content (AvgIpc) is 2.78. The second kappa shape index (κ2) is 10.9. The van der Waals surface area contributed by atoms with Crippen molar-refractivity contribution in [1.29, 1.82) is 0 Å². The zero-order valence-electron chi connectivity index (χ0n) is 17.9. The number of benzene rings is 2. The molecular formula is C19H23N3O9S. The van der Waals surface area contributed by atoms with E-state index in [9.17, 15) is 23.3 Å². The highest BCUT2D eigenvalue weighted by atomic mass is 32.2. The van der Waals surface area contributed by atoms with E-state index in [2.05, 4.69) is 5.32 Å². The van der Waals surface area contributed by atoms with Gasteiger partial charge in [-0.3, -0.25) is 19.7 Å². The first kappa shape index (κ1) is 25.0. The van der Waals surface area contributed by atoms with E-state index in [1.165, 1.54) is 58.7 Å². The summed E-state index contributed by atoms with van der Waals surface area (Å²) in [6, 6.07) is 7.52. The topological polar surface area (TPSA) is 147 Å². The zero-order valence-corrected chi connectivity index (χ0v) is 18.7. The summed E-state index contributed by atoms with van der Waals surface area (Å²) < 4.78 is 40.7. The summed E-state index contributed by atoms with van der Waals surface area (Å²) in [7, 11) is 1.40. The molecular weight excluding hydrogens is 446 g/mol. The molecule has 32 heavy (non-hydrogen) atoms. The van der Waals surface area contributed by atoms with Crippen molar-refractivity contribution in [3.05, 3.63) is 52.1 Å². The first-order valence-corrected chi connectivity index (χ1v) is 10.5. The Bertz CT molecular complexity index is 1070. The SMILES string of the molecule is COCCOc1cc([N+](=O)[O-])c(C(=O)Nc2ccc(S(=O)(=O)N(C)OC)cc2)cc1OC. The smallest absolute Gasteiger partial charge is 0.286 e. The Kier molecular flexibility index (Phi) is 8.48. The van der Waals surface area contributed by atoms with Gasteiger partial charge in [-0.2, -0.15) is 0 Å². The number of ether oxygens (including phenoxy) is 3. The van der Waals surface area contributed by atoms with Crippen molar-refractivity contribution in [2.45, 2.75) is 4.90 Å². The Hall–Kier alpha value is -3.26. The van der Waals surface area contributed by atoms with Crippen LogP contribution in [-0.4, -0.2) is 65.3 Å². The van der Waals surface area contributed by atoms with E-state index in [1.54, 1.807) is 0 Å². The van der Waals surface area contributed by atoms with E-state index in [-0.39, 0.29) is 40.9 Å². The highest BCUT2D eigenvalue weighted by Gasteiger charge is 2.25. The van der Waals surface area contributed by atoms with Crippen LogP contribution in [0.1, 0.15) is 10.4 Å². The minimum atomic E-state index is -3.86. The summed E-state index contributed by atoms with van der Waals surface area (Å²) in [5.74, 6) is -0.575. The van der Waals surface area contributed by atoms with E-state index < -0.39 is 26.5 Å². The predicted molar refractivity (Wildman–Crippen MR) is 113 cm³/mol. The number of nitrogens with one attached hydrogen (secondary N) is 1. The molecule has 0 fully saturated rings. The van der Waals surface area contributed by atoms with Crippen molar-refractivity contribution in [1.82, 2.24) is 4.47 Å². The maximum absolute atomic E-state index is 12.7. The Balaban J connectivity index is 2.31. The van der Waals surface area contributed by atoms with Crippen LogP contribution in [0.25, 0.3) is 0 Å². The fraction of sp³-hybridized carbons (Fsp3) is 0.316. The maximum atomic E-state index is 12.7. The normalized spacial score (nSPS) is 11.3. The number of hydrogen-bond acceptors (Lipinski definition) is 9. The number of carbonyl (C=O) groups excluding carboxylic acids is 1. The van der Waals surface area contributed by atoms with Gasteiger partial charge in [-0.05, 0) is 24.3 Å². The van der Waals surface area contributed by atoms with Crippen molar-refractivity contribution in [2.75, 3.05) is 46.9 Å². The van der Waals surface area contributed by atoms with Crippen LogP contribution in [-0.2, 0) is 19.6 Å². The summed E-state index contributed by atoms with van der Waals surface area (Å²) in [4.78, 5) is 28.2. The highest BCUT2D eigenvalue weighted by molar-refractivity contribution is 7.89. The van der Waals surface area contributed by atoms with Gasteiger partial charge in [-0.15, -0.1) is 0 Å². The lowest BCUT2D eigenvalue weighted by molar-refractivity contribution is -0.385. The average molecular weight is 469 g/mol. The highest BCUT2D eigenvalue weighted by Crippen LogP contribution is 2.35. The molecule has 174 valence electrons. The molecule has 0 atom stereocenters. The third-order valence-electron chi connectivity index (χ3n) is 4.27. The molecule has 2 rings (SSSR count). The van der Waals surface area contributed by atoms with Gasteiger partial charge in [0.15, 0.2) is 11.5 Å². The van der Waals surface area contributed by atoms with Crippen molar-refractivity contribution < 1.29 is 37.2 Å². The Morgan fingerprint density at radius 2 is 1.75 bits per heavy atom. The largest absolute Gasteiger partial charge is 0.493 e. The molecule has 0 saturated carbocycles. The lowest BCUT2D eigenvalue weighted by atomic mass is 10.1. The number of amides is 1. The monoisotopic (exact) mass is 469 g/mol. The van der Waals surface area contributed by atoms with Crippen LogP contribution >= 0.6 is 0 Å². The van der Waals surface area contributed by atoms with Crippen LogP contribution in [0.15, 0.2) is 41.3 Å². The number of sulfonamides is 1. The van der Waals surface area contributed by atoms with Crippen molar-refractivity contribution in [3.8, 4) is 11.5 Å². The van der Waals surface area contributed by atoms with Crippen LogP contribution in [0.4, 0.5) is 11.4 Å². The second-order valence-electron chi connectivity index (χ2n) is 6.19. The molecule has 12 nitrogen and oxygen atoms in total. The van der Waals surface area contributed by atoms with Crippen molar-refractivity contribution in [2.24, 2.45) is 0 Å². The van der Waals surface area contributed by atoms with Gasteiger partial charge < -0.3 is 19.5 Å². The van der Waals surface area contributed by atoms with E-state index in [0.717, 1.165) is 6.07 Å². The van der Waals surface area contributed by atoms with E-state index in [4.69, 9.17) is 19.0 Å². The number of anilines is 1. The number of nitrogens with zero attached hydrogens (tertiary/aromatic N) is 2. The van der Waals surface area contributed by atoms with Crippen LogP contribution < -0.4 is 14.8 Å². The van der Waals surface area contributed by atoms with Crippen LogP contribution in [0, 0.1) is 10.1 Å². The summed E-state index contributed by atoms with van der Waals surface area (Å²) in [5.41, 5.74) is -0.527. The molecule has 1 N–H and O–H groups in total. The first-order chi connectivity index (χ1) is 15.1. The summed E-state index contributed by atoms with van der Waals surface area (Å²) in [6.07, 6.45) is 0. The fourth-order valence-electron chi connectivity index (χ4n) is 2.54. The van der Waals surface area contributed by atoms with Gasteiger partial charge in [0.05, 0.1) is 36.7 Å². The first-order valence-electron chi connectivity index (χ1n) is 9.08. The predicted octanol–water partition coefficient (Wildman–Crippen LogP) is 2.06. The number of carbonyl (C=O) groups is 1. The molecule has 13 heteroatoms. The molecule has 0 radical (unpaired) electrons. The van der Waals surface area contributed by atoms with E-state index in [0.29, 0.717) is 4.47 Å². The second-order valence-corrected chi connectivity index (χ2v) is 8.13. The molecule has 0 saturated heterocycles.